The zero-order valence-electron chi connectivity index (χ0n) is 21.3. The van der Waals surface area contributed by atoms with Crippen LogP contribution >= 0.6 is 11.6 Å². The number of aromatic amines is 1. The lowest BCUT2D eigenvalue weighted by molar-refractivity contribution is 0.00159. The molecule has 0 atom stereocenters. The van der Waals surface area contributed by atoms with Crippen molar-refractivity contribution in [2.45, 2.75) is 32.2 Å². The van der Waals surface area contributed by atoms with E-state index in [-0.39, 0.29) is 5.91 Å². The fraction of sp³-hybridized carbons (Fsp3) is 0.500. The van der Waals surface area contributed by atoms with Crippen molar-refractivity contribution >= 4 is 46.0 Å². The molecule has 0 radical (unpaired) electrons. The van der Waals surface area contributed by atoms with E-state index < -0.39 is 0 Å². The van der Waals surface area contributed by atoms with Gasteiger partial charge >= 0.3 is 0 Å². The van der Waals surface area contributed by atoms with Crippen LogP contribution in [0.3, 0.4) is 0 Å². The van der Waals surface area contributed by atoms with Gasteiger partial charge in [0, 0.05) is 50.5 Å². The Kier molecular flexibility index (Phi) is 7.97. The third kappa shape index (κ3) is 5.61. The van der Waals surface area contributed by atoms with Gasteiger partial charge in [-0.3, -0.25) is 9.69 Å². The fourth-order valence-corrected chi connectivity index (χ4v) is 5.26. The number of fused-ring (bicyclic) bond motifs is 1. The molecule has 3 aromatic rings. The summed E-state index contributed by atoms with van der Waals surface area (Å²) in [4.78, 5) is 30.0. The topological polar surface area (TPSA) is 108 Å². The molecular weight excluding hydrogens is 494 g/mol. The van der Waals surface area contributed by atoms with Crippen molar-refractivity contribution in [3.8, 4) is 5.75 Å². The van der Waals surface area contributed by atoms with E-state index in [2.05, 4.69) is 37.4 Å². The smallest absolute Gasteiger partial charge is 0.253 e. The van der Waals surface area contributed by atoms with Crippen molar-refractivity contribution < 1.29 is 14.3 Å². The second-order valence-corrected chi connectivity index (χ2v) is 9.80. The monoisotopic (exact) mass is 527 g/mol. The number of nitrogens with zero attached hydrogens (tertiary/aromatic N) is 4. The molecule has 4 heterocycles. The maximum Gasteiger partial charge on any atom is 0.253 e. The van der Waals surface area contributed by atoms with Crippen LogP contribution in [0.2, 0.25) is 5.02 Å². The summed E-state index contributed by atoms with van der Waals surface area (Å²) in [5.74, 6) is 1.62. The van der Waals surface area contributed by atoms with Gasteiger partial charge in [0.05, 0.1) is 36.4 Å². The zero-order chi connectivity index (χ0) is 25.8. The van der Waals surface area contributed by atoms with Crippen LogP contribution in [0.25, 0.3) is 11.0 Å². The number of halogens is 1. The number of anilines is 3. The first kappa shape index (κ1) is 25.6. The lowest BCUT2D eigenvalue weighted by Gasteiger charge is -2.40. The van der Waals surface area contributed by atoms with Gasteiger partial charge in [-0.05, 0) is 37.5 Å². The van der Waals surface area contributed by atoms with Gasteiger partial charge in [0.2, 0.25) is 5.95 Å². The molecule has 2 fully saturated rings. The van der Waals surface area contributed by atoms with E-state index >= 15 is 0 Å². The number of hydrogen-bond acceptors (Lipinski definition) is 8. The molecule has 5 rings (SSSR count). The minimum absolute atomic E-state index is 0.0232. The molecule has 0 bridgehead atoms. The van der Waals surface area contributed by atoms with Crippen molar-refractivity contribution in [2.75, 3.05) is 63.7 Å². The molecule has 0 unspecified atom stereocenters. The SMILES string of the molecule is CCCNc1nc(Nc2ccc(C(=O)N3CCC(N4CCOCC4)CC3)cc2OC)nc2[nH]cc(Cl)c12. The Morgan fingerprint density at radius 1 is 1.22 bits per heavy atom. The summed E-state index contributed by atoms with van der Waals surface area (Å²) in [7, 11) is 1.59. The average Bonchev–Trinajstić information content (AvgIpc) is 3.32. The third-order valence-electron chi connectivity index (χ3n) is 7.03. The van der Waals surface area contributed by atoms with Crippen LogP contribution in [0.4, 0.5) is 17.5 Å². The summed E-state index contributed by atoms with van der Waals surface area (Å²) >= 11 is 6.34. The number of likely N-dealkylation sites (tertiary alicyclic amines) is 1. The number of rotatable bonds is 8. The van der Waals surface area contributed by atoms with Crippen LogP contribution in [0.5, 0.6) is 5.75 Å². The molecule has 2 aliphatic rings. The molecule has 1 aromatic carbocycles. The van der Waals surface area contributed by atoms with E-state index in [1.54, 1.807) is 19.4 Å². The largest absolute Gasteiger partial charge is 0.495 e. The van der Waals surface area contributed by atoms with E-state index in [0.717, 1.165) is 70.6 Å². The second-order valence-electron chi connectivity index (χ2n) is 9.39. The highest BCUT2D eigenvalue weighted by molar-refractivity contribution is 6.36. The van der Waals surface area contributed by atoms with Crippen LogP contribution in [0.15, 0.2) is 24.4 Å². The van der Waals surface area contributed by atoms with Crippen molar-refractivity contribution in [3.63, 3.8) is 0 Å². The predicted molar refractivity (Wildman–Crippen MR) is 145 cm³/mol. The Bertz CT molecular complexity index is 1240. The molecule has 0 spiro atoms. The number of H-pyrrole nitrogens is 1. The van der Waals surface area contributed by atoms with E-state index in [9.17, 15) is 4.79 Å². The van der Waals surface area contributed by atoms with Gasteiger partial charge in [-0.2, -0.15) is 9.97 Å². The van der Waals surface area contributed by atoms with Crippen molar-refractivity contribution in [2.24, 2.45) is 0 Å². The van der Waals surface area contributed by atoms with E-state index in [1.807, 2.05) is 17.0 Å². The van der Waals surface area contributed by atoms with Crippen molar-refractivity contribution in [1.29, 1.82) is 0 Å². The van der Waals surface area contributed by atoms with Crippen molar-refractivity contribution in [1.82, 2.24) is 24.8 Å². The van der Waals surface area contributed by atoms with E-state index in [1.165, 1.54) is 0 Å². The lowest BCUT2D eigenvalue weighted by atomic mass is 10.0. The molecule has 2 saturated heterocycles. The Morgan fingerprint density at radius 3 is 2.73 bits per heavy atom. The summed E-state index contributed by atoms with van der Waals surface area (Å²) in [6.07, 6.45) is 4.62. The maximum atomic E-state index is 13.3. The summed E-state index contributed by atoms with van der Waals surface area (Å²) in [6.45, 7) is 7.91. The zero-order valence-corrected chi connectivity index (χ0v) is 22.1. The second kappa shape index (κ2) is 11.5. The van der Waals surface area contributed by atoms with Crippen molar-refractivity contribution in [3.05, 3.63) is 35.0 Å². The van der Waals surface area contributed by atoms with Crippen LogP contribution in [-0.4, -0.2) is 89.7 Å². The van der Waals surface area contributed by atoms with Crippen LogP contribution in [-0.2, 0) is 4.74 Å². The van der Waals surface area contributed by atoms with Gasteiger partial charge in [0.15, 0.2) is 0 Å². The molecule has 37 heavy (non-hydrogen) atoms. The van der Waals surface area contributed by atoms with Crippen LogP contribution < -0.4 is 15.4 Å². The number of piperidine rings is 1. The number of carbonyl (C=O) groups excluding carboxylic acids is 1. The molecular formula is C26H34ClN7O3. The number of aromatic nitrogens is 3. The molecule has 2 aliphatic heterocycles. The first-order valence-corrected chi connectivity index (χ1v) is 13.3. The summed E-state index contributed by atoms with van der Waals surface area (Å²) < 4.78 is 11.1. The Balaban J connectivity index is 1.29. The number of benzene rings is 1. The van der Waals surface area contributed by atoms with E-state index in [4.69, 9.17) is 21.1 Å². The molecule has 0 saturated carbocycles. The Labute approximate surface area is 221 Å². The number of amides is 1. The summed E-state index contributed by atoms with van der Waals surface area (Å²) in [5.41, 5.74) is 1.90. The first-order chi connectivity index (χ1) is 18.1. The van der Waals surface area contributed by atoms with Crippen LogP contribution in [0, 0.1) is 0 Å². The number of hydrogen-bond donors (Lipinski definition) is 3. The summed E-state index contributed by atoms with van der Waals surface area (Å²) in [5, 5.41) is 7.88. The standard InChI is InChI=1S/C26H34ClN7O3/c1-3-8-28-23-22-19(27)16-29-24(22)32-26(31-23)30-20-5-4-17(15-21(20)36-2)25(35)34-9-6-18(7-10-34)33-11-13-37-14-12-33/h4-5,15-16,18H,3,6-14H2,1-2H3,(H3,28,29,30,31,32). The predicted octanol–water partition coefficient (Wildman–Crippen LogP) is 4.12. The van der Waals surface area contributed by atoms with Gasteiger partial charge in [-0.15, -0.1) is 0 Å². The minimum Gasteiger partial charge on any atom is -0.495 e. The minimum atomic E-state index is 0.0232. The number of methoxy groups -OCH3 is 1. The first-order valence-electron chi connectivity index (χ1n) is 12.9. The highest BCUT2D eigenvalue weighted by Crippen LogP contribution is 2.32. The Morgan fingerprint density at radius 2 is 2.00 bits per heavy atom. The normalized spacial score (nSPS) is 17.2. The quantitative estimate of drug-likeness (QED) is 0.401. The number of ether oxygens (including phenoxy) is 2. The number of nitrogens with one attached hydrogen (secondary N) is 3. The highest BCUT2D eigenvalue weighted by atomic mass is 35.5. The maximum absolute atomic E-state index is 13.3. The van der Waals surface area contributed by atoms with Gasteiger partial charge in [0.25, 0.3) is 5.91 Å². The lowest BCUT2D eigenvalue weighted by Crippen LogP contribution is -2.50. The number of carbonyl (C=O) groups is 1. The average molecular weight is 528 g/mol. The highest BCUT2D eigenvalue weighted by Gasteiger charge is 2.28. The fourth-order valence-electron chi connectivity index (χ4n) is 5.03. The van der Waals surface area contributed by atoms with Crippen LogP contribution in [0.1, 0.15) is 36.5 Å². The van der Waals surface area contributed by atoms with Gasteiger partial charge in [0.1, 0.15) is 17.2 Å². The van der Waals surface area contributed by atoms with Gasteiger partial charge in [-0.25, -0.2) is 0 Å². The molecule has 11 heteroatoms. The molecule has 1 amide bonds. The third-order valence-corrected chi connectivity index (χ3v) is 7.33. The summed E-state index contributed by atoms with van der Waals surface area (Å²) in [6, 6.07) is 5.96. The van der Waals surface area contributed by atoms with E-state index in [0.29, 0.717) is 45.5 Å². The molecule has 3 N–H and O–H groups in total. The Hall–Kier alpha value is -3.08. The molecule has 2 aromatic heterocycles. The van der Waals surface area contributed by atoms with Gasteiger partial charge < -0.3 is 30.0 Å². The molecule has 0 aliphatic carbocycles. The number of morpholine rings is 1. The molecule has 198 valence electrons. The molecule has 10 nitrogen and oxygen atoms in total. The van der Waals surface area contributed by atoms with Gasteiger partial charge in [-0.1, -0.05) is 18.5 Å².